The SMILES string of the molecule is COc1c(C#N)ccc(-c2c(C)nc(N3CCC4(CC3)CO[C@@H](C)[C@H]4N)n3ccnc23)c1Cl.S.S. The number of halogens is 1. The number of rotatable bonds is 3. The second-order valence-electron chi connectivity index (χ2n) is 9.00. The van der Waals surface area contributed by atoms with Crippen LogP contribution in [0.4, 0.5) is 5.95 Å². The first kappa shape index (κ1) is 27.4. The quantitative estimate of drug-likeness (QED) is 0.545. The highest BCUT2D eigenvalue weighted by molar-refractivity contribution is 7.59. The number of benzene rings is 1. The summed E-state index contributed by atoms with van der Waals surface area (Å²) in [7, 11) is 1.51. The summed E-state index contributed by atoms with van der Waals surface area (Å²) in [6.07, 6.45) is 5.73. The van der Waals surface area contributed by atoms with E-state index in [0.29, 0.717) is 16.3 Å². The third-order valence-corrected chi connectivity index (χ3v) is 7.66. The van der Waals surface area contributed by atoms with E-state index in [-0.39, 0.29) is 44.6 Å². The van der Waals surface area contributed by atoms with Gasteiger partial charge in [0.15, 0.2) is 5.75 Å². The highest BCUT2D eigenvalue weighted by atomic mass is 35.5. The van der Waals surface area contributed by atoms with Gasteiger partial charge in [0.25, 0.3) is 0 Å². The van der Waals surface area contributed by atoms with E-state index in [1.165, 1.54) is 7.11 Å². The summed E-state index contributed by atoms with van der Waals surface area (Å²) in [6.45, 7) is 6.47. The van der Waals surface area contributed by atoms with Crippen LogP contribution in [-0.4, -0.2) is 53.3 Å². The Labute approximate surface area is 224 Å². The molecule has 2 aromatic heterocycles. The van der Waals surface area contributed by atoms with E-state index in [0.717, 1.165) is 61.0 Å². The van der Waals surface area contributed by atoms with E-state index < -0.39 is 0 Å². The number of aromatic nitrogens is 3. The number of aryl methyl sites for hydroxylation is 1. The van der Waals surface area contributed by atoms with Gasteiger partial charge in [-0.05, 0) is 32.8 Å². The van der Waals surface area contributed by atoms with Gasteiger partial charge in [-0.25, -0.2) is 9.97 Å². The predicted molar refractivity (Wildman–Crippen MR) is 147 cm³/mol. The fourth-order valence-corrected chi connectivity index (χ4v) is 5.61. The zero-order valence-corrected chi connectivity index (χ0v) is 22.8. The molecule has 3 aromatic rings. The maximum atomic E-state index is 9.38. The number of fused-ring (bicyclic) bond motifs is 1. The molecule has 1 aromatic carbocycles. The normalized spacial score (nSPS) is 20.9. The molecular weight excluding hydrogens is 504 g/mol. The van der Waals surface area contributed by atoms with Crippen molar-refractivity contribution in [2.45, 2.75) is 38.8 Å². The van der Waals surface area contributed by atoms with Crippen LogP contribution < -0.4 is 15.4 Å². The number of ether oxygens (including phenoxy) is 2. The van der Waals surface area contributed by atoms with Crippen LogP contribution in [0, 0.1) is 23.7 Å². The predicted octanol–water partition coefficient (Wildman–Crippen LogP) is 3.80. The maximum absolute atomic E-state index is 9.38. The number of nitrogens with zero attached hydrogens (tertiary/aromatic N) is 5. The number of nitrogens with two attached hydrogens (primary N) is 1. The first-order chi connectivity index (χ1) is 15.9. The Bertz CT molecular complexity index is 1270. The van der Waals surface area contributed by atoms with Crippen molar-refractivity contribution in [3.63, 3.8) is 0 Å². The second kappa shape index (κ2) is 10.4. The molecule has 2 fully saturated rings. The maximum Gasteiger partial charge on any atom is 0.211 e. The third kappa shape index (κ3) is 4.34. The van der Waals surface area contributed by atoms with Crippen LogP contribution in [0.5, 0.6) is 5.75 Å². The molecule has 35 heavy (non-hydrogen) atoms. The van der Waals surface area contributed by atoms with E-state index in [2.05, 4.69) is 22.9 Å². The second-order valence-corrected chi connectivity index (χ2v) is 9.38. The van der Waals surface area contributed by atoms with E-state index in [9.17, 15) is 5.26 Å². The minimum atomic E-state index is 0. The van der Waals surface area contributed by atoms with Crippen LogP contribution in [0.15, 0.2) is 24.5 Å². The van der Waals surface area contributed by atoms with Crippen molar-refractivity contribution in [1.82, 2.24) is 14.4 Å². The largest absolute Gasteiger partial charge is 0.494 e. The summed E-state index contributed by atoms with van der Waals surface area (Å²) in [6, 6.07) is 5.73. The van der Waals surface area contributed by atoms with E-state index in [1.54, 1.807) is 12.3 Å². The van der Waals surface area contributed by atoms with Crippen molar-refractivity contribution in [2.24, 2.45) is 11.1 Å². The van der Waals surface area contributed by atoms with Gasteiger partial charge in [0.05, 0.1) is 36.1 Å². The molecule has 2 N–H and O–H groups in total. The van der Waals surface area contributed by atoms with Gasteiger partial charge in [0.2, 0.25) is 5.95 Å². The summed E-state index contributed by atoms with van der Waals surface area (Å²) < 4.78 is 13.3. The molecule has 11 heteroatoms. The Hall–Kier alpha value is -2.16. The highest BCUT2D eigenvalue weighted by Gasteiger charge is 2.47. The summed E-state index contributed by atoms with van der Waals surface area (Å²) in [4.78, 5) is 11.9. The average Bonchev–Trinajstić information content (AvgIpc) is 3.41. The first-order valence-electron chi connectivity index (χ1n) is 11.1. The van der Waals surface area contributed by atoms with Gasteiger partial charge in [-0.1, -0.05) is 17.7 Å². The van der Waals surface area contributed by atoms with Crippen LogP contribution in [0.25, 0.3) is 16.8 Å². The molecule has 188 valence electrons. The molecule has 1 spiro atoms. The summed E-state index contributed by atoms with van der Waals surface area (Å²) >= 11 is 6.67. The van der Waals surface area contributed by atoms with Crippen LogP contribution >= 0.6 is 38.6 Å². The van der Waals surface area contributed by atoms with Gasteiger partial charge < -0.3 is 20.1 Å². The fraction of sp³-hybridized carbons (Fsp3) is 0.458. The number of anilines is 1. The van der Waals surface area contributed by atoms with Gasteiger partial charge in [-0.15, -0.1) is 0 Å². The molecule has 0 bridgehead atoms. The monoisotopic (exact) mass is 534 g/mol. The van der Waals surface area contributed by atoms with Crippen molar-refractivity contribution < 1.29 is 9.47 Å². The Morgan fingerprint density at radius 3 is 2.60 bits per heavy atom. The Balaban J connectivity index is 0.00000171. The van der Waals surface area contributed by atoms with Gasteiger partial charge in [-0.3, -0.25) is 4.40 Å². The molecule has 0 unspecified atom stereocenters. The molecule has 2 aliphatic heterocycles. The molecular formula is C24H31ClN6O2S2. The lowest BCUT2D eigenvalue weighted by atomic mass is 9.73. The number of imidazole rings is 1. The van der Waals surface area contributed by atoms with Gasteiger partial charge >= 0.3 is 0 Å². The Kier molecular flexibility index (Phi) is 8.19. The summed E-state index contributed by atoms with van der Waals surface area (Å²) in [5, 5.41) is 9.76. The minimum absolute atomic E-state index is 0. The molecule has 4 heterocycles. The van der Waals surface area contributed by atoms with Crippen molar-refractivity contribution >= 4 is 50.2 Å². The molecule has 2 aliphatic rings. The number of hydrogen-bond acceptors (Lipinski definition) is 7. The standard InChI is InChI=1S/C24H27ClN6O2.2H2S/c1-14-18(17-5-4-16(12-26)20(32-3)19(17)25)22-28-8-11-31(22)23(29-14)30-9-6-24(7-10-30)13-33-15(2)21(24)27;;/h4-5,8,11,15,21H,6-7,9-10,13,27H2,1-3H3;2*1H2/t15-,21+;;/m0../s1. The number of hydrogen-bond donors (Lipinski definition) is 1. The molecule has 0 aliphatic carbocycles. The van der Waals surface area contributed by atoms with E-state index in [4.69, 9.17) is 31.8 Å². The molecule has 2 saturated heterocycles. The lowest BCUT2D eigenvalue weighted by molar-refractivity contribution is 0.0973. The average molecular weight is 535 g/mol. The van der Waals surface area contributed by atoms with Crippen molar-refractivity contribution in [2.75, 3.05) is 31.7 Å². The molecule has 0 saturated carbocycles. The summed E-state index contributed by atoms with van der Waals surface area (Å²) in [5.74, 6) is 1.21. The van der Waals surface area contributed by atoms with Gasteiger partial charge in [0, 0.05) is 48.1 Å². The van der Waals surface area contributed by atoms with Gasteiger partial charge in [0.1, 0.15) is 11.7 Å². The number of nitriles is 1. The zero-order chi connectivity index (χ0) is 23.3. The number of methoxy groups -OCH3 is 1. The fourth-order valence-electron chi connectivity index (χ4n) is 5.27. The third-order valence-electron chi connectivity index (χ3n) is 7.29. The minimum Gasteiger partial charge on any atom is -0.494 e. The lowest BCUT2D eigenvalue weighted by Crippen LogP contribution is -2.51. The van der Waals surface area contributed by atoms with Crippen molar-refractivity contribution in [1.29, 1.82) is 5.26 Å². The topological polar surface area (TPSA) is 102 Å². The zero-order valence-electron chi connectivity index (χ0n) is 20.0. The van der Waals surface area contributed by atoms with Crippen LogP contribution in [0.3, 0.4) is 0 Å². The molecule has 8 nitrogen and oxygen atoms in total. The highest BCUT2D eigenvalue weighted by Crippen LogP contribution is 2.43. The van der Waals surface area contributed by atoms with Crippen molar-refractivity contribution in [3.8, 4) is 22.9 Å². The molecule has 2 atom stereocenters. The smallest absolute Gasteiger partial charge is 0.211 e. The first-order valence-corrected chi connectivity index (χ1v) is 11.5. The Morgan fingerprint density at radius 1 is 1.29 bits per heavy atom. The molecule has 0 radical (unpaired) electrons. The van der Waals surface area contributed by atoms with E-state index in [1.807, 2.05) is 23.6 Å². The molecule has 0 amide bonds. The van der Waals surface area contributed by atoms with Crippen LogP contribution in [0.1, 0.15) is 31.0 Å². The van der Waals surface area contributed by atoms with Crippen LogP contribution in [0.2, 0.25) is 5.02 Å². The lowest BCUT2D eigenvalue weighted by Gasteiger charge is -2.41. The van der Waals surface area contributed by atoms with Crippen molar-refractivity contribution in [3.05, 3.63) is 40.8 Å². The molecule has 5 rings (SSSR count). The van der Waals surface area contributed by atoms with Crippen LogP contribution in [-0.2, 0) is 4.74 Å². The van der Waals surface area contributed by atoms with E-state index >= 15 is 0 Å². The Morgan fingerprint density at radius 2 is 2.00 bits per heavy atom. The number of piperidine rings is 1. The summed E-state index contributed by atoms with van der Waals surface area (Å²) in [5.41, 5.74) is 10.1. The van der Waals surface area contributed by atoms with Gasteiger partial charge in [-0.2, -0.15) is 32.3 Å².